The molecule has 0 bridgehead atoms. The van der Waals surface area contributed by atoms with Crippen molar-refractivity contribution in [3.63, 3.8) is 0 Å². The Morgan fingerprint density at radius 3 is 2.03 bits per heavy atom. The highest BCUT2D eigenvalue weighted by Crippen LogP contribution is 2.66. The van der Waals surface area contributed by atoms with Gasteiger partial charge < -0.3 is 0 Å². The molecule has 0 saturated heterocycles. The van der Waals surface area contributed by atoms with E-state index in [0.29, 0.717) is 28.1 Å². The first-order valence-electron chi connectivity index (χ1n) is 14.1. The lowest BCUT2D eigenvalue weighted by molar-refractivity contribution is 0.150. The first-order chi connectivity index (χ1) is 16.7. The number of aromatic nitrogens is 4. The molecule has 194 valence electrons. The normalized spacial score (nSPS) is 31.9. The quantitative estimate of drug-likeness (QED) is 0.383. The predicted molar refractivity (Wildman–Crippen MR) is 147 cm³/mol. The Balaban J connectivity index is 0.000000148. The maximum Gasteiger partial charge on any atom is 0.116 e. The summed E-state index contributed by atoms with van der Waals surface area (Å²) in [6.07, 6.45) is 12.2. The molecule has 2 heterocycles. The fourth-order valence-electron chi connectivity index (χ4n) is 8.74. The molecule has 2 aromatic heterocycles. The zero-order valence-corrected chi connectivity index (χ0v) is 24.2. The van der Waals surface area contributed by atoms with Gasteiger partial charge in [0.25, 0.3) is 0 Å². The molecule has 4 aliphatic rings. The average Bonchev–Trinajstić information content (AvgIpc) is 3.09. The van der Waals surface area contributed by atoms with Crippen LogP contribution in [-0.4, -0.2) is 19.9 Å². The van der Waals surface area contributed by atoms with E-state index in [1.54, 1.807) is 18.2 Å². The molecule has 1 fully saturated rings. The Hall–Kier alpha value is -2.10. The van der Waals surface area contributed by atoms with Gasteiger partial charge in [0, 0.05) is 18.3 Å². The van der Waals surface area contributed by atoms with E-state index in [1.807, 2.05) is 12.4 Å². The Morgan fingerprint density at radius 1 is 0.694 bits per heavy atom. The van der Waals surface area contributed by atoms with Crippen molar-refractivity contribution in [3.8, 4) is 0 Å². The highest BCUT2D eigenvalue weighted by Gasteiger charge is 2.59. The van der Waals surface area contributed by atoms with Crippen LogP contribution in [0.5, 0.6) is 0 Å². The molecule has 4 heteroatoms. The van der Waals surface area contributed by atoms with E-state index in [2.05, 4.69) is 89.2 Å². The van der Waals surface area contributed by atoms with Gasteiger partial charge in [-0.2, -0.15) is 0 Å². The van der Waals surface area contributed by atoms with Gasteiger partial charge in [0.1, 0.15) is 12.7 Å². The predicted octanol–water partition coefficient (Wildman–Crippen LogP) is 7.70. The van der Waals surface area contributed by atoms with Gasteiger partial charge in [-0.1, -0.05) is 74.8 Å². The monoisotopic (exact) mass is 486 g/mol. The number of rotatable bonds is 0. The van der Waals surface area contributed by atoms with Crippen molar-refractivity contribution in [3.05, 3.63) is 53.1 Å². The molecule has 0 N–H and O–H groups in total. The molecule has 0 aliphatic heterocycles. The van der Waals surface area contributed by atoms with E-state index < -0.39 is 0 Å². The van der Waals surface area contributed by atoms with E-state index in [0.717, 1.165) is 24.7 Å². The van der Waals surface area contributed by atoms with Crippen molar-refractivity contribution in [2.45, 2.75) is 101 Å². The summed E-state index contributed by atoms with van der Waals surface area (Å²) in [5, 5.41) is 0. The third kappa shape index (κ3) is 3.45. The molecule has 2 aromatic rings. The average molecular weight is 487 g/mol. The number of hydrogen-bond donors (Lipinski definition) is 0. The molecule has 1 saturated carbocycles. The number of nitrogens with zero attached hydrogens (tertiary/aromatic N) is 4. The van der Waals surface area contributed by atoms with Crippen LogP contribution in [0.4, 0.5) is 0 Å². The number of allylic oxidation sites excluding steroid dienone is 2. The van der Waals surface area contributed by atoms with Gasteiger partial charge in [-0.25, -0.2) is 19.9 Å². The summed E-state index contributed by atoms with van der Waals surface area (Å²) in [5.74, 6) is 2.75. The van der Waals surface area contributed by atoms with Crippen LogP contribution < -0.4 is 0 Å². The number of hydrogen-bond acceptors (Lipinski definition) is 4. The second-order valence-electron chi connectivity index (χ2n) is 14.3. The zero-order chi connectivity index (χ0) is 26.3. The van der Waals surface area contributed by atoms with Crippen LogP contribution in [0.2, 0.25) is 0 Å². The maximum atomic E-state index is 4.65. The van der Waals surface area contributed by atoms with E-state index in [1.165, 1.54) is 40.9 Å². The standard InChI is InChI=1S/C16H24N2.C16H22N2/c2*1-10-15(2,3)12-7-6-11-8-17-9-18-14(11)13(12)16(10,4)5/h8-10,12-13H,6-7H2,1-5H3;8-10H,6-7H2,1-5H3. The van der Waals surface area contributed by atoms with Crippen LogP contribution in [0, 0.1) is 39.4 Å². The summed E-state index contributed by atoms with van der Waals surface area (Å²) in [5.41, 5.74) is 9.65. The largest absolute Gasteiger partial charge is 0.245 e. The summed E-state index contributed by atoms with van der Waals surface area (Å²) >= 11 is 0. The maximum absolute atomic E-state index is 4.65. The SMILES string of the molecule is CC1C(C)(C)C2=C(c3ncncc3CC2)C1(C)C.CC1C(C)(C)C2CCc3cncnc3C2C1(C)C. The Kier molecular flexibility index (Phi) is 5.82. The van der Waals surface area contributed by atoms with Gasteiger partial charge in [-0.15, -0.1) is 0 Å². The first kappa shape index (κ1) is 25.5. The van der Waals surface area contributed by atoms with Crippen molar-refractivity contribution in [2.75, 3.05) is 0 Å². The summed E-state index contributed by atoms with van der Waals surface area (Å²) in [6.45, 7) is 24.1. The van der Waals surface area contributed by atoms with Crippen molar-refractivity contribution in [1.29, 1.82) is 0 Å². The highest BCUT2D eigenvalue weighted by molar-refractivity contribution is 5.78. The molecule has 4 aliphatic carbocycles. The molecule has 0 aromatic carbocycles. The third-order valence-corrected chi connectivity index (χ3v) is 11.8. The van der Waals surface area contributed by atoms with Gasteiger partial charge >= 0.3 is 0 Å². The molecule has 4 atom stereocenters. The smallest absolute Gasteiger partial charge is 0.116 e. The van der Waals surface area contributed by atoms with Crippen LogP contribution in [0.1, 0.15) is 111 Å². The zero-order valence-electron chi connectivity index (χ0n) is 24.2. The minimum absolute atomic E-state index is 0.211. The van der Waals surface area contributed by atoms with Gasteiger partial charge in [0.05, 0.1) is 11.4 Å². The van der Waals surface area contributed by atoms with E-state index in [9.17, 15) is 0 Å². The van der Waals surface area contributed by atoms with Crippen LogP contribution >= 0.6 is 0 Å². The van der Waals surface area contributed by atoms with E-state index >= 15 is 0 Å². The lowest BCUT2D eigenvalue weighted by atomic mass is 9.68. The number of aryl methyl sites for hydroxylation is 2. The minimum Gasteiger partial charge on any atom is -0.245 e. The fourth-order valence-corrected chi connectivity index (χ4v) is 8.74. The van der Waals surface area contributed by atoms with E-state index in [-0.39, 0.29) is 5.41 Å². The summed E-state index contributed by atoms with van der Waals surface area (Å²) < 4.78 is 0. The van der Waals surface area contributed by atoms with Crippen molar-refractivity contribution in [2.24, 2.45) is 39.4 Å². The van der Waals surface area contributed by atoms with E-state index in [4.69, 9.17) is 0 Å². The Morgan fingerprint density at radius 2 is 1.33 bits per heavy atom. The van der Waals surface area contributed by atoms with Crippen molar-refractivity contribution < 1.29 is 0 Å². The molecular formula is C32H46N4. The Bertz CT molecular complexity index is 1200. The van der Waals surface area contributed by atoms with Gasteiger partial charge in [0.15, 0.2) is 0 Å². The van der Waals surface area contributed by atoms with Gasteiger partial charge in [-0.3, -0.25) is 0 Å². The van der Waals surface area contributed by atoms with Crippen LogP contribution in [0.15, 0.2) is 30.6 Å². The first-order valence-corrected chi connectivity index (χ1v) is 14.1. The van der Waals surface area contributed by atoms with Crippen molar-refractivity contribution >= 4 is 5.57 Å². The van der Waals surface area contributed by atoms with Crippen molar-refractivity contribution in [1.82, 2.24) is 19.9 Å². The second-order valence-corrected chi connectivity index (χ2v) is 14.3. The molecule has 4 unspecified atom stereocenters. The summed E-state index contributed by atoms with van der Waals surface area (Å²) in [4.78, 5) is 17.6. The van der Waals surface area contributed by atoms with Gasteiger partial charge in [-0.05, 0) is 81.8 Å². The number of fused-ring (bicyclic) bond motifs is 5. The third-order valence-electron chi connectivity index (χ3n) is 11.8. The highest BCUT2D eigenvalue weighted by atomic mass is 14.9. The topological polar surface area (TPSA) is 51.6 Å². The molecule has 0 amide bonds. The fraction of sp³-hybridized carbons (Fsp3) is 0.688. The molecular weight excluding hydrogens is 440 g/mol. The summed E-state index contributed by atoms with van der Waals surface area (Å²) in [6, 6.07) is 0. The van der Waals surface area contributed by atoms with Crippen LogP contribution in [0.3, 0.4) is 0 Å². The summed E-state index contributed by atoms with van der Waals surface area (Å²) in [7, 11) is 0. The molecule has 0 radical (unpaired) electrons. The van der Waals surface area contributed by atoms with Crippen LogP contribution in [-0.2, 0) is 12.8 Å². The van der Waals surface area contributed by atoms with Gasteiger partial charge in [0.2, 0.25) is 0 Å². The lowest BCUT2D eigenvalue weighted by Gasteiger charge is -2.37. The minimum atomic E-state index is 0.211. The Labute approximate surface area is 218 Å². The molecule has 4 nitrogen and oxygen atoms in total. The molecule has 6 rings (SSSR count). The lowest BCUT2D eigenvalue weighted by Crippen LogP contribution is -2.29. The molecule has 36 heavy (non-hydrogen) atoms. The van der Waals surface area contributed by atoms with Crippen LogP contribution in [0.25, 0.3) is 5.57 Å². The second kappa shape index (κ2) is 8.20. The molecule has 0 spiro atoms.